The first-order valence-corrected chi connectivity index (χ1v) is 6.90. The number of fused-ring (bicyclic) bond motifs is 2. The molecule has 2 heteroatoms. The van der Waals surface area contributed by atoms with Gasteiger partial charge in [0.1, 0.15) is 0 Å². The van der Waals surface area contributed by atoms with Crippen molar-refractivity contribution in [3.8, 4) is 0 Å². The van der Waals surface area contributed by atoms with Crippen molar-refractivity contribution in [2.45, 2.75) is 17.9 Å². The summed E-state index contributed by atoms with van der Waals surface area (Å²) >= 11 is 0. The maximum Gasteiger partial charge on any atom is 0.0742 e. The summed E-state index contributed by atoms with van der Waals surface area (Å²) in [4.78, 5) is 4.57. The van der Waals surface area contributed by atoms with Crippen LogP contribution in [0.2, 0.25) is 0 Å². The molecular formula is C18H15NO. The fraction of sp³-hybridized carbons (Fsp3) is 0.167. The first kappa shape index (κ1) is 11.6. The molecule has 0 saturated heterocycles. The molecule has 2 aliphatic rings. The minimum atomic E-state index is -0.414. The molecule has 1 unspecified atom stereocenters. The Kier molecular flexibility index (Phi) is 2.41. The lowest BCUT2D eigenvalue weighted by molar-refractivity contribution is 0.213. The Labute approximate surface area is 118 Å². The van der Waals surface area contributed by atoms with E-state index in [0.717, 1.165) is 11.3 Å². The van der Waals surface area contributed by atoms with Gasteiger partial charge in [0.25, 0.3) is 0 Å². The summed E-state index contributed by atoms with van der Waals surface area (Å²) in [6, 6.07) is 18.5. The van der Waals surface area contributed by atoms with Crippen LogP contribution in [0.4, 0.5) is 5.69 Å². The molecule has 0 fully saturated rings. The Hall–Kier alpha value is -2.19. The van der Waals surface area contributed by atoms with E-state index < -0.39 is 6.10 Å². The van der Waals surface area contributed by atoms with Gasteiger partial charge in [-0.3, -0.25) is 4.99 Å². The van der Waals surface area contributed by atoms with Gasteiger partial charge in [-0.15, -0.1) is 0 Å². The number of benzene rings is 2. The van der Waals surface area contributed by atoms with E-state index in [0.29, 0.717) is 6.42 Å². The topological polar surface area (TPSA) is 32.6 Å². The molecule has 98 valence electrons. The molecule has 1 N–H and O–H groups in total. The molecule has 2 nitrogen and oxygen atoms in total. The molecule has 4 rings (SSSR count). The van der Waals surface area contributed by atoms with Gasteiger partial charge in [0.2, 0.25) is 0 Å². The Balaban J connectivity index is 1.91. The molecule has 0 aromatic heterocycles. The van der Waals surface area contributed by atoms with Gasteiger partial charge in [0.15, 0.2) is 0 Å². The largest absolute Gasteiger partial charge is 0.389 e. The smallest absolute Gasteiger partial charge is 0.0742 e. The van der Waals surface area contributed by atoms with Crippen molar-refractivity contribution in [3.63, 3.8) is 0 Å². The lowest BCUT2D eigenvalue weighted by atomic mass is 9.74. The highest BCUT2D eigenvalue weighted by molar-refractivity contribution is 6.01. The molecule has 0 radical (unpaired) electrons. The zero-order valence-electron chi connectivity index (χ0n) is 11.0. The quantitative estimate of drug-likeness (QED) is 0.837. The van der Waals surface area contributed by atoms with E-state index in [2.05, 4.69) is 23.2 Å². The van der Waals surface area contributed by atoms with Crippen molar-refractivity contribution >= 4 is 17.5 Å². The fourth-order valence-corrected chi connectivity index (χ4v) is 3.40. The lowest BCUT2D eigenvalue weighted by Crippen LogP contribution is -2.26. The summed E-state index contributed by atoms with van der Waals surface area (Å²) in [5, 5.41) is 10.2. The van der Waals surface area contributed by atoms with Crippen LogP contribution in [0.1, 0.15) is 17.5 Å². The minimum Gasteiger partial charge on any atom is -0.389 e. The van der Waals surface area contributed by atoms with Crippen LogP contribution in [0.5, 0.6) is 0 Å². The van der Waals surface area contributed by atoms with Gasteiger partial charge < -0.3 is 5.11 Å². The Morgan fingerprint density at radius 1 is 1.00 bits per heavy atom. The molecule has 1 spiro atoms. The fourth-order valence-electron chi connectivity index (χ4n) is 3.40. The first-order valence-electron chi connectivity index (χ1n) is 6.90. The van der Waals surface area contributed by atoms with E-state index in [4.69, 9.17) is 0 Å². The number of nitrogens with zero attached hydrogens (tertiary/aromatic N) is 1. The normalized spacial score (nSPS) is 26.9. The van der Waals surface area contributed by atoms with E-state index in [1.165, 1.54) is 11.1 Å². The zero-order valence-corrected chi connectivity index (χ0v) is 11.0. The number of para-hydroxylation sites is 1. The van der Waals surface area contributed by atoms with Crippen LogP contribution >= 0.6 is 0 Å². The van der Waals surface area contributed by atoms with Crippen molar-refractivity contribution < 1.29 is 5.11 Å². The number of hydrogen-bond acceptors (Lipinski definition) is 2. The van der Waals surface area contributed by atoms with Gasteiger partial charge in [-0.25, -0.2) is 0 Å². The molecule has 20 heavy (non-hydrogen) atoms. The summed E-state index contributed by atoms with van der Waals surface area (Å²) in [5.41, 5.74) is 4.28. The summed E-state index contributed by atoms with van der Waals surface area (Å²) in [6.07, 6.45) is 4.25. The maximum absolute atomic E-state index is 10.2. The van der Waals surface area contributed by atoms with E-state index in [9.17, 15) is 5.11 Å². The van der Waals surface area contributed by atoms with E-state index in [-0.39, 0.29) is 5.41 Å². The zero-order chi connectivity index (χ0) is 13.6. The third kappa shape index (κ3) is 1.52. The van der Waals surface area contributed by atoms with E-state index in [1.54, 1.807) is 0 Å². The predicted octanol–water partition coefficient (Wildman–Crippen LogP) is 3.49. The maximum atomic E-state index is 10.2. The van der Waals surface area contributed by atoms with Crippen LogP contribution < -0.4 is 0 Å². The van der Waals surface area contributed by atoms with Crippen LogP contribution in [0, 0.1) is 0 Å². The van der Waals surface area contributed by atoms with E-state index >= 15 is 0 Å². The second kappa shape index (κ2) is 4.15. The first-order chi connectivity index (χ1) is 9.79. The van der Waals surface area contributed by atoms with Crippen LogP contribution in [0.15, 0.2) is 65.7 Å². The summed E-state index contributed by atoms with van der Waals surface area (Å²) in [6.45, 7) is 0. The average molecular weight is 261 g/mol. The second-order valence-corrected chi connectivity index (χ2v) is 5.46. The molecule has 2 aromatic rings. The Morgan fingerprint density at radius 2 is 1.75 bits per heavy atom. The highest BCUT2D eigenvalue weighted by atomic mass is 16.3. The number of aliphatic hydroxyl groups is 1. The summed E-state index contributed by atoms with van der Waals surface area (Å²) in [7, 11) is 0. The third-order valence-corrected chi connectivity index (χ3v) is 4.26. The molecule has 1 heterocycles. The Morgan fingerprint density at radius 3 is 2.60 bits per heavy atom. The summed E-state index contributed by atoms with van der Waals surface area (Å²) in [5.74, 6) is 0. The number of rotatable bonds is 1. The molecular weight excluding hydrogens is 246 g/mol. The van der Waals surface area contributed by atoms with Crippen LogP contribution in [0.25, 0.3) is 5.57 Å². The minimum absolute atomic E-state index is 0.267. The molecule has 1 aliphatic heterocycles. The molecule has 0 saturated carbocycles. The van der Waals surface area contributed by atoms with Gasteiger partial charge in [0, 0.05) is 6.21 Å². The van der Waals surface area contributed by atoms with Crippen molar-refractivity contribution in [2.75, 3.05) is 0 Å². The van der Waals surface area contributed by atoms with Crippen LogP contribution in [-0.4, -0.2) is 17.4 Å². The number of aliphatic imine (C=N–C) groups is 1. The van der Waals surface area contributed by atoms with Crippen LogP contribution in [0.3, 0.4) is 0 Å². The van der Waals surface area contributed by atoms with Crippen molar-refractivity contribution in [1.82, 2.24) is 0 Å². The van der Waals surface area contributed by atoms with Gasteiger partial charge in [0.05, 0.1) is 17.2 Å². The molecule has 2 aromatic carbocycles. The van der Waals surface area contributed by atoms with Crippen molar-refractivity contribution in [2.24, 2.45) is 4.99 Å². The number of hydrogen-bond donors (Lipinski definition) is 1. The van der Waals surface area contributed by atoms with Gasteiger partial charge in [-0.05, 0) is 29.2 Å². The molecule has 0 amide bonds. The van der Waals surface area contributed by atoms with Gasteiger partial charge >= 0.3 is 0 Å². The molecule has 2 atom stereocenters. The van der Waals surface area contributed by atoms with Crippen LogP contribution in [-0.2, 0) is 5.41 Å². The SMILES string of the molecule is OC1C=C(c2ccccc2)[C@]2(C=Nc3ccccc32)C1. The number of aliphatic hydroxyl groups excluding tert-OH is 1. The number of allylic oxidation sites excluding steroid dienone is 1. The average Bonchev–Trinajstić information content (AvgIpc) is 3.03. The van der Waals surface area contributed by atoms with Crippen molar-refractivity contribution in [1.29, 1.82) is 0 Å². The molecule has 0 bridgehead atoms. The third-order valence-electron chi connectivity index (χ3n) is 4.26. The molecule has 1 aliphatic carbocycles. The Bertz CT molecular complexity index is 717. The lowest BCUT2D eigenvalue weighted by Gasteiger charge is -2.26. The highest BCUT2D eigenvalue weighted by Crippen LogP contribution is 2.51. The van der Waals surface area contributed by atoms with Gasteiger partial charge in [-0.1, -0.05) is 54.6 Å². The van der Waals surface area contributed by atoms with Gasteiger partial charge in [-0.2, -0.15) is 0 Å². The standard InChI is InChI=1S/C18H15NO/c20-14-10-16(13-6-2-1-3-7-13)18(11-14)12-19-17-9-5-4-8-15(17)18/h1-10,12,14,20H,11H2/t14?,18-/m0/s1. The monoisotopic (exact) mass is 261 g/mol. The summed E-state index contributed by atoms with van der Waals surface area (Å²) < 4.78 is 0. The van der Waals surface area contributed by atoms with Crippen molar-refractivity contribution in [3.05, 3.63) is 71.8 Å². The highest BCUT2D eigenvalue weighted by Gasteiger charge is 2.45. The second-order valence-electron chi connectivity index (χ2n) is 5.46. The predicted molar refractivity (Wildman–Crippen MR) is 81.3 cm³/mol. The van der Waals surface area contributed by atoms with E-state index in [1.807, 2.05) is 48.7 Å².